The molecule has 1 aliphatic rings. The number of hydrogen-bond donors (Lipinski definition) is 0. The van der Waals surface area contributed by atoms with Crippen molar-refractivity contribution in [1.29, 1.82) is 0 Å². The van der Waals surface area contributed by atoms with E-state index in [1.807, 2.05) is 47.4 Å². The number of fused-ring (bicyclic) bond motifs is 3. The van der Waals surface area contributed by atoms with Gasteiger partial charge in [0, 0.05) is 37.5 Å². The Bertz CT molecular complexity index is 2020. The highest BCUT2D eigenvalue weighted by molar-refractivity contribution is 7.98. The van der Waals surface area contributed by atoms with Gasteiger partial charge in [-0.3, -0.25) is 0 Å². The summed E-state index contributed by atoms with van der Waals surface area (Å²) in [7, 11) is 1.56. The van der Waals surface area contributed by atoms with Gasteiger partial charge in [0.05, 0.1) is 37.0 Å². The number of rotatable bonds is 9. The lowest BCUT2D eigenvalue weighted by Gasteiger charge is -2.28. The number of methoxy groups -OCH3 is 1. The van der Waals surface area contributed by atoms with Crippen LogP contribution in [0, 0.1) is 18.2 Å². The van der Waals surface area contributed by atoms with E-state index in [-0.39, 0.29) is 12.4 Å². The number of benzene rings is 3. The Hall–Kier alpha value is -4.92. The molecule has 11 heteroatoms. The Labute approximate surface area is 257 Å². The van der Waals surface area contributed by atoms with Gasteiger partial charge in [-0.15, -0.1) is 6.42 Å². The van der Waals surface area contributed by atoms with Crippen molar-refractivity contribution in [3.05, 3.63) is 102 Å². The average molecular weight is 606 g/mol. The molecular weight excluding hydrogens is 577 g/mol. The number of ether oxygens (including phenoxy) is 2. The van der Waals surface area contributed by atoms with E-state index in [2.05, 4.69) is 32.5 Å². The number of imidazole rings is 2. The van der Waals surface area contributed by atoms with Crippen molar-refractivity contribution in [3.63, 3.8) is 0 Å². The summed E-state index contributed by atoms with van der Waals surface area (Å²) in [6.07, 6.45) is 11.3. The Kier molecular flexibility index (Phi) is 7.60. The SMILES string of the molecule is C#Cc1c(F)ccc2cc(OCOC)cc(Cn3cnc4c(SCc5ccccc5)nc(N5CCn6cncc6C5)nc43)c12. The number of halogens is 1. The Morgan fingerprint density at radius 1 is 1.07 bits per heavy atom. The maximum Gasteiger partial charge on any atom is 0.228 e. The predicted octanol–water partition coefficient (Wildman–Crippen LogP) is 5.64. The van der Waals surface area contributed by atoms with Crippen LogP contribution in [0.2, 0.25) is 0 Å². The first-order chi connectivity index (χ1) is 21.6. The van der Waals surface area contributed by atoms with Crippen molar-refractivity contribution in [2.45, 2.75) is 30.4 Å². The van der Waals surface area contributed by atoms with Crippen molar-refractivity contribution in [3.8, 4) is 18.1 Å². The zero-order chi connectivity index (χ0) is 30.0. The molecule has 0 aliphatic carbocycles. The van der Waals surface area contributed by atoms with E-state index >= 15 is 0 Å². The standard InChI is InChI=1S/C33H28FN7O2S/c1-3-27-28(34)10-9-23-13-26(43-21-42-2)14-24(29(23)27)16-41-20-36-30-31(41)37-33(39-11-12-40-19-35-15-25(40)17-39)38-32(30)44-18-22-7-5-4-6-8-22/h1,4-10,13-15,19-20H,11-12,16-18,21H2,2H3. The van der Waals surface area contributed by atoms with Crippen LogP contribution in [0.15, 0.2) is 78.5 Å². The first kappa shape index (κ1) is 27.9. The minimum atomic E-state index is -0.448. The zero-order valence-electron chi connectivity index (χ0n) is 24.0. The first-order valence-corrected chi connectivity index (χ1v) is 15.1. The minimum absolute atomic E-state index is 0.0788. The molecule has 3 aromatic heterocycles. The summed E-state index contributed by atoms with van der Waals surface area (Å²) in [6, 6.07) is 17.1. The van der Waals surface area contributed by atoms with Crippen LogP contribution in [-0.2, 0) is 30.1 Å². The predicted molar refractivity (Wildman–Crippen MR) is 168 cm³/mol. The Morgan fingerprint density at radius 2 is 1.95 bits per heavy atom. The monoisotopic (exact) mass is 605 g/mol. The highest BCUT2D eigenvalue weighted by Crippen LogP contribution is 2.33. The molecular formula is C33H28FN7O2S. The van der Waals surface area contributed by atoms with Crippen LogP contribution >= 0.6 is 11.8 Å². The molecule has 4 heterocycles. The van der Waals surface area contributed by atoms with E-state index in [0.29, 0.717) is 41.3 Å². The molecule has 220 valence electrons. The molecule has 6 aromatic rings. The summed E-state index contributed by atoms with van der Waals surface area (Å²) in [6.45, 7) is 2.61. The van der Waals surface area contributed by atoms with E-state index in [0.717, 1.165) is 40.5 Å². The average Bonchev–Trinajstić information content (AvgIpc) is 3.70. The summed E-state index contributed by atoms with van der Waals surface area (Å²) < 4.78 is 29.9. The van der Waals surface area contributed by atoms with Crippen LogP contribution in [0.5, 0.6) is 5.75 Å². The molecule has 1 aliphatic heterocycles. The smallest absolute Gasteiger partial charge is 0.228 e. The van der Waals surface area contributed by atoms with Gasteiger partial charge in [0.25, 0.3) is 0 Å². The fourth-order valence-electron chi connectivity index (χ4n) is 5.50. The van der Waals surface area contributed by atoms with E-state index in [1.165, 1.54) is 11.6 Å². The second kappa shape index (κ2) is 12.0. The van der Waals surface area contributed by atoms with Crippen molar-refractivity contribution < 1.29 is 13.9 Å². The molecule has 0 fully saturated rings. The van der Waals surface area contributed by atoms with E-state index < -0.39 is 5.82 Å². The second-order valence-electron chi connectivity index (χ2n) is 10.4. The van der Waals surface area contributed by atoms with Crippen LogP contribution in [0.1, 0.15) is 22.4 Å². The topological polar surface area (TPSA) is 83.1 Å². The lowest BCUT2D eigenvalue weighted by molar-refractivity contribution is 0.0512. The van der Waals surface area contributed by atoms with Gasteiger partial charge in [0.1, 0.15) is 22.1 Å². The molecule has 0 saturated carbocycles. The molecule has 44 heavy (non-hydrogen) atoms. The summed E-state index contributed by atoms with van der Waals surface area (Å²) in [5.74, 6) is 4.05. The third-order valence-corrected chi connectivity index (χ3v) is 8.67. The zero-order valence-corrected chi connectivity index (χ0v) is 24.8. The fraction of sp³-hybridized carbons (Fsp3) is 0.212. The van der Waals surface area contributed by atoms with Gasteiger partial charge in [-0.25, -0.2) is 19.3 Å². The molecule has 0 unspecified atom stereocenters. The molecule has 0 amide bonds. The van der Waals surface area contributed by atoms with Crippen LogP contribution < -0.4 is 9.64 Å². The highest BCUT2D eigenvalue weighted by atomic mass is 32.2. The van der Waals surface area contributed by atoms with Crippen molar-refractivity contribution in [2.24, 2.45) is 0 Å². The largest absolute Gasteiger partial charge is 0.468 e. The lowest BCUT2D eigenvalue weighted by atomic mass is 9.98. The second-order valence-corrected chi connectivity index (χ2v) is 11.4. The van der Waals surface area contributed by atoms with E-state index in [1.54, 1.807) is 31.3 Å². The van der Waals surface area contributed by atoms with Crippen molar-refractivity contribution in [1.82, 2.24) is 29.1 Å². The van der Waals surface area contributed by atoms with Crippen LogP contribution in [0.25, 0.3) is 21.9 Å². The first-order valence-electron chi connectivity index (χ1n) is 14.1. The number of aromatic nitrogens is 6. The summed E-state index contributed by atoms with van der Waals surface area (Å²) in [4.78, 5) is 21.3. The third kappa shape index (κ3) is 5.34. The van der Waals surface area contributed by atoms with Gasteiger partial charge in [-0.1, -0.05) is 54.1 Å². The Morgan fingerprint density at radius 3 is 2.80 bits per heavy atom. The normalized spacial score (nSPS) is 12.9. The molecule has 0 spiro atoms. The highest BCUT2D eigenvalue weighted by Gasteiger charge is 2.23. The Balaban J connectivity index is 1.33. The maximum atomic E-state index is 14.9. The van der Waals surface area contributed by atoms with Gasteiger partial charge in [0.15, 0.2) is 12.4 Å². The van der Waals surface area contributed by atoms with Gasteiger partial charge >= 0.3 is 0 Å². The molecule has 0 atom stereocenters. The van der Waals surface area contributed by atoms with Gasteiger partial charge < -0.3 is 23.5 Å². The van der Waals surface area contributed by atoms with Gasteiger partial charge in [-0.2, -0.15) is 4.98 Å². The molecule has 3 aromatic carbocycles. The number of nitrogens with zero attached hydrogens (tertiary/aromatic N) is 7. The summed E-state index contributed by atoms with van der Waals surface area (Å²) in [5.41, 5.74) is 4.67. The van der Waals surface area contributed by atoms with Crippen LogP contribution in [-0.4, -0.2) is 49.5 Å². The van der Waals surface area contributed by atoms with Crippen LogP contribution in [0.3, 0.4) is 0 Å². The third-order valence-electron chi connectivity index (χ3n) is 7.63. The van der Waals surface area contributed by atoms with E-state index in [4.69, 9.17) is 30.8 Å². The number of thioether (sulfide) groups is 1. The maximum absolute atomic E-state index is 14.9. The molecule has 0 N–H and O–H groups in total. The summed E-state index contributed by atoms with van der Waals surface area (Å²) in [5, 5.41) is 2.21. The quantitative estimate of drug-likeness (QED) is 0.0907. The number of anilines is 1. The molecule has 0 bridgehead atoms. The molecule has 9 nitrogen and oxygen atoms in total. The van der Waals surface area contributed by atoms with Gasteiger partial charge in [-0.05, 0) is 34.7 Å². The van der Waals surface area contributed by atoms with Crippen LogP contribution in [0.4, 0.5) is 10.3 Å². The molecule has 0 radical (unpaired) electrons. The van der Waals surface area contributed by atoms with Crippen molar-refractivity contribution >= 4 is 39.6 Å². The number of hydrogen-bond acceptors (Lipinski definition) is 8. The molecule has 0 saturated heterocycles. The van der Waals surface area contributed by atoms with Crippen molar-refractivity contribution in [2.75, 3.05) is 25.3 Å². The summed E-state index contributed by atoms with van der Waals surface area (Å²) >= 11 is 1.63. The van der Waals surface area contributed by atoms with E-state index in [9.17, 15) is 4.39 Å². The lowest BCUT2D eigenvalue weighted by Crippen LogP contribution is -2.34. The van der Waals surface area contributed by atoms with Gasteiger partial charge in [0.2, 0.25) is 5.95 Å². The molecule has 7 rings (SSSR count). The fourth-order valence-corrected chi connectivity index (χ4v) is 6.43. The number of terminal acetylenes is 1. The minimum Gasteiger partial charge on any atom is -0.468 e.